The molecule has 9 heteroatoms. The first-order valence-electron chi connectivity index (χ1n) is 15.3. The first-order chi connectivity index (χ1) is 21.2. The van der Waals surface area contributed by atoms with Gasteiger partial charge in [-0.25, -0.2) is 22.8 Å². The number of halogens is 4. The highest BCUT2D eigenvalue weighted by atomic mass is 19.2. The highest BCUT2D eigenvalue weighted by Crippen LogP contribution is 2.31. The lowest BCUT2D eigenvalue weighted by Gasteiger charge is -2.11. The molecule has 0 saturated carbocycles. The summed E-state index contributed by atoms with van der Waals surface area (Å²) in [5.74, 6) is -5.82. The molecule has 3 aromatic carbocycles. The number of hydrogen-bond donors (Lipinski definition) is 0. The quantitative estimate of drug-likeness (QED) is 0.0616. The van der Waals surface area contributed by atoms with E-state index < -0.39 is 41.3 Å². The van der Waals surface area contributed by atoms with Gasteiger partial charge in [0.25, 0.3) is 0 Å². The molecule has 0 aliphatic carbocycles. The van der Waals surface area contributed by atoms with Crippen molar-refractivity contribution >= 4 is 11.9 Å². The lowest BCUT2D eigenvalue weighted by molar-refractivity contribution is -0.140. The minimum absolute atomic E-state index is 0.00966. The topological polar surface area (TPSA) is 61.8 Å². The summed E-state index contributed by atoms with van der Waals surface area (Å²) in [6, 6.07) is 11.6. The van der Waals surface area contributed by atoms with Crippen molar-refractivity contribution in [3.63, 3.8) is 0 Å². The van der Waals surface area contributed by atoms with Crippen LogP contribution in [0.3, 0.4) is 0 Å². The summed E-state index contributed by atoms with van der Waals surface area (Å²) in [6.07, 6.45) is 7.63. The van der Waals surface area contributed by atoms with Crippen LogP contribution in [0.2, 0.25) is 0 Å². The van der Waals surface area contributed by atoms with Gasteiger partial charge < -0.3 is 14.2 Å². The van der Waals surface area contributed by atoms with Crippen molar-refractivity contribution in [2.24, 2.45) is 0 Å². The van der Waals surface area contributed by atoms with Crippen molar-refractivity contribution in [2.75, 3.05) is 6.61 Å². The van der Waals surface area contributed by atoms with E-state index in [-0.39, 0.29) is 29.0 Å². The van der Waals surface area contributed by atoms with Gasteiger partial charge in [0.2, 0.25) is 5.82 Å². The van der Waals surface area contributed by atoms with Crippen LogP contribution >= 0.6 is 0 Å². The van der Waals surface area contributed by atoms with Crippen molar-refractivity contribution in [1.82, 2.24) is 0 Å². The molecule has 0 bridgehead atoms. The fraction of sp³-hybridized carbons (Fsp3) is 0.429. The molecule has 0 radical (unpaired) electrons. The lowest BCUT2D eigenvalue weighted by atomic mass is 10.0. The summed E-state index contributed by atoms with van der Waals surface area (Å²) in [4.78, 5) is 24.5. The molecule has 3 rings (SSSR count). The zero-order valence-corrected chi connectivity index (χ0v) is 25.3. The molecule has 0 aliphatic rings. The van der Waals surface area contributed by atoms with Crippen LogP contribution in [0.4, 0.5) is 17.6 Å². The van der Waals surface area contributed by atoms with E-state index in [1.54, 1.807) is 0 Å². The Kier molecular flexibility index (Phi) is 14.2. The van der Waals surface area contributed by atoms with Crippen molar-refractivity contribution in [3.8, 4) is 28.4 Å². The summed E-state index contributed by atoms with van der Waals surface area (Å²) in [5, 5.41) is 0. The van der Waals surface area contributed by atoms with Crippen LogP contribution in [0.1, 0.15) is 94.8 Å². The molecule has 1 unspecified atom stereocenters. The molecule has 1 atom stereocenters. The van der Waals surface area contributed by atoms with Gasteiger partial charge in [-0.05, 0) is 67.3 Å². The highest BCUT2D eigenvalue weighted by Gasteiger charge is 2.22. The van der Waals surface area contributed by atoms with E-state index in [1.807, 2.05) is 6.92 Å². The molecule has 0 spiro atoms. The van der Waals surface area contributed by atoms with Crippen LogP contribution in [0.25, 0.3) is 11.1 Å². The second kappa shape index (κ2) is 18.0. The van der Waals surface area contributed by atoms with Crippen LogP contribution in [-0.4, -0.2) is 24.7 Å². The van der Waals surface area contributed by atoms with Gasteiger partial charge in [0.15, 0.2) is 29.3 Å². The molecular formula is C35H40F4O5. The minimum Gasteiger partial charge on any atom is -0.490 e. The number of hydrogen-bond acceptors (Lipinski definition) is 5. The average Bonchev–Trinajstić information content (AvgIpc) is 3.02. The zero-order chi connectivity index (χ0) is 31.9. The third kappa shape index (κ3) is 10.4. The van der Waals surface area contributed by atoms with Crippen molar-refractivity contribution in [1.29, 1.82) is 0 Å². The van der Waals surface area contributed by atoms with Crippen LogP contribution in [-0.2, 0) is 4.79 Å². The fourth-order valence-corrected chi connectivity index (χ4v) is 4.55. The Hall–Kier alpha value is -3.88. The number of carbonyl (C=O) groups excluding carboxylic acids is 2. The van der Waals surface area contributed by atoms with E-state index in [0.29, 0.717) is 18.6 Å². The zero-order valence-electron chi connectivity index (χ0n) is 25.3. The van der Waals surface area contributed by atoms with Gasteiger partial charge in [-0.2, -0.15) is 4.39 Å². The number of rotatable bonds is 18. The molecule has 5 nitrogen and oxygen atoms in total. The Labute approximate surface area is 256 Å². The molecule has 3 aromatic rings. The number of carbonyl (C=O) groups is 2. The molecule has 0 N–H and O–H groups in total. The van der Waals surface area contributed by atoms with E-state index in [4.69, 9.17) is 14.2 Å². The number of unbranched alkanes of at least 4 members (excludes halogenated alkanes) is 8. The summed E-state index contributed by atoms with van der Waals surface area (Å²) in [5.41, 5.74) is 0.181. The second-order valence-corrected chi connectivity index (χ2v) is 10.7. The largest absolute Gasteiger partial charge is 0.490 e. The normalized spacial score (nSPS) is 11.7. The summed E-state index contributed by atoms with van der Waals surface area (Å²) in [7, 11) is 0. The van der Waals surface area contributed by atoms with E-state index in [1.165, 1.54) is 48.9 Å². The van der Waals surface area contributed by atoms with Crippen LogP contribution in [0.15, 0.2) is 54.6 Å². The second-order valence-electron chi connectivity index (χ2n) is 10.7. The Morgan fingerprint density at radius 1 is 0.705 bits per heavy atom. The van der Waals surface area contributed by atoms with Gasteiger partial charge in [0.05, 0.1) is 12.2 Å². The maximum absolute atomic E-state index is 14.8. The number of esters is 2. The summed E-state index contributed by atoms with van der Waals surface area (Å²) >= 11 is 0. The maximum Gasteiger partial charge on any atom is 0.346 e. The van der Waals surface area contributed by atoms with Gasteiger partial charge >= 0.3 is 11.9 Å². The lowest BCUT2D eigenvalue weighted by Crippen LogP contribution is -2.22. The molecule has 238 valence electrons. The summed E-state index contributed by atoms with van der Waals surface area (Å²) < 4.78 is 73.6. The number of alkyl halides is 1. The monoisotopic (exact) mass is 616 g/mol. The van der Waals surface area contributed by atoms with Gasteiger partial charge in [-0.3, -0.25) is 0 Å². The van der Waals surface area contributed by atoms with Crippen LogP contribution in [0, 0.1) is 17.5 Å². The molecule has 0 fully saturated rings. The van der Waals surface area contributed by atoms with E-state index in [0.717, 1.165) is 63.5 Å². The van der Waals surface area contributed by atoms with Crippen molar-refractivity contribution in [2.45, 2.75) is 90.6 Å². The van der Waals surface area contributed by atoms with E-state index in [2.05, 4.69) is 6.92 Å². The molecule has 44 heavy (non-hydrogen) atoms. The first-order valence-corrected chi connectivity index (χ1v) is 15.3. The molecule has 0 aliphatic heterocycles. The molecule has 0 saturated heterocycles. The molecule has 0 aromatic heterocycles. The number of benzene rings is 3. The third-order valence-electron chi connectivity index (χ3n) is 7.12. The Bertz CT molecular complexity index is 1360. The van der Waals surface area contributed by atoms with Crippen molar-refractivity contribution < 1.29 is 41.4 Å². The number of ether oxygens (including phenoxy) is 3. The third-order valence-corrected chi connectivity index (χ3v) is 7.12. The smallest absolute Gasteiger partial charge is 0.346 e. The first kappa shape index (κ1) is 34.6. The predicted octanol–water partition coefficient (Wildman–Crippen LogP) is 9.94. The Balaban J connectivity index is 1.55. The van der Waals surface area contributed by atoms with E-state index >= 15 is 0 Å². The van der Waals surface area contributed by atoms with Gasteiger partial charge in [-0.15, -0.1) is 0 Å². The van der Waals surface area contributed by atoms with Crippen molar-refractivity contribution in [3.05, 3.63) is 77.6 Å². The molecule has 0 heterocycles. The standard InChI is InChI=1S/C35H40F4O5/c1-3-5-7-9-10-12-22-42-31-21-19-27(32(38)33(31)39)24-14-17-26(18-15-24)43-34(40)25-16-20-30(29(37)23-25)44-35(41)28(36)13-11-8-6-4-2/h14-21,23,28H,3-13,22H2,1-2H3. The Morgan fingerprint density at radius 2 is 1.34 bits per heavy atom. The molecular weight excluding hydrogens is 576 g/mol. The fourth-order valence-electron chi connectivity index (χ4n) is 4.55. The van der Waals surface area contributed by atoms with Gasteiger partial charge in [-0.1, -0.05) is 77.3 Å². The van der Waals surface area contributed by atoms with Crippen LogP contribution < -0.4 is 14.2 Å². The average molecular weight is 617 g/mol. The van der Waals surface area contributed by atoms with E-state index in [9.17, 15) is 27.2 Å². The maximum atomic E-state index is 14.8. The van der Waals surface area contributed by atoms with Gasteiger partial charge in [0.1, 0.15) is 5.75 Å². The summed E-state index contributed by atoms with van der Waals surface area (Å²) in [6.45, 7) is 4.46. The minimum atomic E-state index is -1.87. The SMILES string of the molecule is CCCCCCCCOc1ccc(-c2ccc(OC(=O)c3ccc(OC(=O)C(F)CCCCCC)c(F)c3)cc2)c(F)c1F. The van der Waals surface area contributed by atoms with Gasteiger partial charge in [0, 0.05) is 5.56 Å². The highest BCUT2D eigenvalue weighted by molar-refractivity contribution is 5.91. The molecule has 0 amide bonds. The Morgan fingerprint density at radius 3 is 2.02 bits per heavy atom. The van der Waals surface area contributed by atoms with Crippen LogP contribution in [0.5, 0.6) is 17.2 Å². The predicted molar refractivity (Wildman–Crippen MR) is 161 cm³/mol.